The number of phenolic OH excluding ortho intramolecular Hbond substituents is 1. The van der Waals surface area contributed by atoms with Gasteiger partial charge in [-0.1, -0.05) is 48.6 Å². The van der Waals surface area contributed by atoms with Crippen LogP contribution in [0.3, 0.4) is 0 Å². The van der Waals surface area contributed by atoms with Gasteiger partial charge in [-0.05, 0) is 53.8 Å². The highest BCUT2D eigenvalue weighted by Gasteiger charge is 2.39. The lowest BCUT2D eigenvalue weighted by Gasteiger charge is -2.38. The van der Waals surface area contributed by atoms with Crippen LogP contribution in [0.4, 0.5) is 5.69 Å². The summed E-state index contributed by atoms with van der Waals surface area (Å²) >= 11 is 0. The van der Waals surface area contributed by atoms with Crippen LogP contribution in [0.1, 0.15) is 29.5 Å². The monoisotopic (exact) mass is 429 g/mol. The number of aromatic hydroxyl groups is 1. The van der Waals surface area contributed by atoms with Crippen molar-refractivity contribution in [2.45, 2.75) is 18.4 Å². The molecule has 2 N–H and O–H groups in total. The number of hydrogen-bond acceptors (Lipinski definition) is 5. The van der Waals surface area contributed by atoms with E-state index in [4.69, 9.17) is 14.2 Å². The standard InChI is InChI=1S/C27H27NO4/c1-30-25-17-18(13-14-23(25)29)26-21-10-5-9-20(21)22-11-6-12-24(27(22)28-26)32-16-15-31-19-7-3-2-4-8-19/h2-9,11-14,17,20-21,26,28-29H,10,15-16H2,1H3. The highest BCUT2D eigenvalue weighted by molar-refractivity contribution is 5.68. The van der Waals surface area contributed by atoms with Gasteiger partial charge in [-0.2, -0.15) is 0 Å². The molecule has 164 valence electrons. The third-order valence-corrected chi connectivity index (χ3v) is 6.27. The predicted molar refractivity (Wildman–Crippen MR) is 125 cm³/mol. The number of benzene rings is 3. The molecule has 0 spiro atoms. The normalized spacial score (nSPS) is 20.7. The molecule has 0 radical (unpaired) electrons. The van der Waals surface area contributed by atoms with Crippen molar-refractivity contribution in [2.24, 2.45) is 5.92 Å². The largest absolute Gasteiger partial charge is 0.504 e. The summed E-state index contributed by atoms with van der Waals surface area (Å²) < 4.78 is 17.3. The lowest BCUT2D eigenvalue weighted by molar-refractivity contribution is 0.217. The quantitative estimate of drug-likeness (QED) is 0.373. The number of allylic oxidation sites excluding steroid dienone is 2. The molecule has 0 bridgehead atoms. The average molecular weight is 430 g/mol. The Morgan fingerprint density at radius 2 is 1.78 bits per heavy atom. The number of para-hydroxylation sites is 2. The van der Waals surface area contributed by atoms with Gasteiger partial charge in [0.05, 0.1) is 18.8 Å². The summed E-state index contributed by atoms with van der Waals surface area (Å²) in [6.45, 7) is 0.923. The lowest BCUT2D eigenvalue weighted by atomic mass is 9.77. The van der Waals surface area contributed by atoms with Gasteiger partial charge in [-0.25, -0.2) is 0 Å². The second-order valence-corrected chi connectivity index (χ2v) is 8.14. The minimum absolute atomic E-state index is 0.0855. The van der Waals surface area contributed by atoms with E-state index < -0.39 is 0 Å². The molecule has 0 saturated carbocycles. The van der Waals surface area contributed by atoms with E-state index in [0.717, 1.165) is 29.2 Å². The Labute approximate surface area is 188 Å². The van der Waals surface area contributed by atoms with E-state index in [0.29, 0.717) is 30.8 Å². The van der Waals surface area contributed by atoms with Crippen LogP contribution in [0, 0.1) is 5.92 Å². The Morgan fingerprint density at radius 1 is 0.938 bits per heavy atom. The predicted octanol–water partition coefficient (Wildman–Crippen LogP) is 5.69. The van der Waals surface area contributed by atoms with Crippen LogP contribution in [-0.2, 0) is 0 Å². The molecule has 3 aromatic rings. The fourth-order valence-corrected chi connectivity index (χ4v) is 4.76. The van der Waals surface area contributed by atoms with Gasteiger partial charge in [-0.3, -0.25) is 0 Å². The van der Waals surface area contributed by atoms with E-state index in [1.54, 1.807) is 13.2 Å². The second kappa shape index (κ2) is 8.87. The molecule has 0 aromatic heterocycles. The third-order valence-electron chi connectivity index (χ3n) is 6.27. The first-order chi connectivity index (χ1) is 15.7. The molecule has 32 heavy (non-hydrogen) atoms. The maximum absolute atomic E-state index is 10.0. The van der Waals surface area contributed by atoms with Gasteiger partial charge in [0.15, 0.2) is 11.5 Å². The maximum Gasteiger partial charge on any atom is 0.160 e. The summed E-state index contributed by atoms with van der Waals surface area (Å²) in [5, 5.41) is 13.8. The van der Waals surface area contributed by atoms with Crippen LogP contribution < -0.4 is 19.5 Å². The first-order valence-electron chi connectivity index (χ1n) is 11.0. The van der Waals surface area contributed by atoms with E-state index >= 15 is 0 Å². The van der Waals surface area contributed by atoms with Gasteiger partial charge in [0.25, 0.3) is 0 Å². The van der Waals surface area contributed by atoms with Crippen molar-refractivity contribution >= 4 is 5.69 Å². The summed E-state index contributed by atoms with van der Waals surface area (Å²) in [5.41, 5.74) is 3.37. The molecule has 1 heterocycles. The van der Waals surface area contributed by atoms with Gasteiger partial charge in [-0.15, -0.1) is 0 Å². The van der Waals surface area contributed by atoms with Crippen molar-refractivity contribution in [3.8, 4) is 23.0 Å². The summed E-state index contributed by atoms with van der Waals surface area (Å²) in [4.78, 5) is 0. The Hall–Kier alpha value is -3.60. The van der Waals surface area contributed by atoms with Gasteiger partial charge in [0, 0.05) is 5.92 Å². The molecule has 1 aliphatic heterocycles. The number of methoxy groups -OCH3 is 1. The second-order valence-electron chi connectivity index (χ2n) is 8.14. The molecule has 5 heteroatoms. The molecule has 3 atom stereocenters. The zero-order chi connectivity index (χ0) is 21.9. The molecule has 0 amide bonds. The van der Waals surface area contributed by atoms with Crippen molar-refractivity contribution in [2.75, 3.05) is 25.6 Å². The molecule has 3 unspecified atom stereocenters. The molecule has 3 aromatic carbocycles. The van der Waals surface area contributed by atoms with Crippen molar-refractivity contribution in [3.63, 3.8) is 0 Å². The molecule has 0 fully saturated rings. The van der Waals surface area contributed by atoms with Crippen LogP contribution in [0.2, 0.25) is 0 Å². The maximum atomic E-state index is 10.0. The first kappa shape index (κ1) is 20.3. The number of nitrogens with one attached hydrogen (secondary N) is 1. The molecular weight excluding hydrogens is 402 g/mol. The van der Waals surface area contributed by atoms with Crippen LogP contribution in [0.15, 0.2) is 78.9 Å². The van der Waals surface area contributed by atoms with Crippen LogP contribution in [0.5, 0.6) is 23.0 Å². The summed E-state index contributed by atoms with van der Waals surface area (Å²) in [6.07, 6.45) is 5.57. The SMILES string of the molecule is COc1cc(C2Nc3c(OCCOc4ccccc4)cccc3C3C=CCC32)ccc1O. The van der Waals surface area contributed by atoms with Crippen molar-refractivity contribution in [1.29, 1.82) is 0 Å². The Morgan fingerprint density at radius 3 is 2.62 bits per heavy atom. The number of ether oxygens (including phenoxy) is 3. The van der Waals surface area contributed by atoms with Crippen LogP contribution in [-0.4, -0.2) is 25.4 Å². The zero-order valence-electron chi connectivity index (χ0n) is 18.0. The van der Waals surface area contributed by atoms with Gasteiger partial charge in [0.2, 0.25) is 0 Å². The zero-order valence-corrected chi connectivity index (χ0v) is 18.0. The fourth-order valence-electron chi connectivity index (χ4n) is 4.76. The number of phenols is 1. The van der Waals surface area contributed by atoms with Crippen molar-refractivity contribution < 1.29 is 19.3 Å². The number of fused-ring (bicyclic) bond motifs is 3. The number of anilines is 1. The molecule has 0 saturated heterocycles. The van der Waals surface area contributed by atoms with E-state index in [2.05, 4.69) is 29.6 Å². The fraction of sp³-hybridized carbons (Fsp3) is 0.259. The molecule has 5 rings (SSSR count). The van der Waals surface area contributed by atoms with Crippen LogP contribution in [0.25, 0.3) is 0 Å². The van der Waals surface area contributed by atoms with Gasteiger partial charge >= 0.3 is 0 Å². The smallest absolute Gasteiger partial charge is 0.160 e. The average Bonchev–Trinajstić information content (AvgIpc) is 3.33. The first-order valence-corrected chi connectivity index (χ1v) is 11.0. The Balaban J connectivity index is 1.37. The van der Waals surface area contributed by atoms with Crippen LogP contribution >= 0.6 is 0 Å². The van der Waals surface area contributed by atoms with E-state index in [9.17, 15) is 5.11 Å². The Bertz CT molecular complexity index is 1110. The van der Waals surface area contributed by atoms with Crippen molar-refractivity contribution in [1.82, 2.24) is 0 Å². The molecule has 1 aliphatic carbocycles. The van der Waals surface area contributed by atoms with E-state index in [1.165, 1.54) is 5.56 Å². The van der Waals surface area contributed by atoms with Gasteiger partial charge < -0.3 is 24.6 Å². The summed E-state index contributed by atoms with van der Waals surface area (Å²) in [5.74, 6) is 3.02. The third kappa shape index (κ3) is 3.86. The highest BCUT2D eigenvalue weighted by atomic mass is 16.5. The lowest BCUT2D eigenvalue weighted by Crippen LogP contribution is -2.29. The highest BCUT2D eigenvalue weighted by Crippen LogP contribution is 2.52. The number of hydrogen-bond donors (Lipinski definition) is 2. The molecular formula is C27H27NO4. The number of rotatable bonds is 7. The molecule has 2 aliphatic rings. The Kier molecular flexibility index (Phi) is 5.63. The van der Waals surface area contributed by atoms with E-state index in [1.807, 2.05) is 48.5 Å². The van der Waals surface area contributed by atoms with Gasteiger partial charge in [0.1, 0.15) is 24.7 Å². The summed E-state index contributed by atoms with van der Waals surface area (Å²) in [7, 11) is 1.58. The minimum atomic E-state index is 0.0855. The van der Waals surface area contributed by atoms with E-state index in [-0.39, 0.29) is 11.8 Å². The topological polar surface area (TPSA) is 60.0 Å². The van der Waals surface area contributed by atoms with Crippen molar-refractivity contribution in [3.05, 3.63) is 90.0 Å². The molecule has 5 nitrogen and oxygen atoms in total. The minimum Gasteiger partial charge on any atom is -0.504 e. The summed E-state index contributed by atoms with van der Waals surface area (Å²) in [6, 6.07) is 21.7.